The topological polar surface area (TPSA) is 12.9 Å². The van der Waals surface area contributed by atoms with Gasteiger partial charge in [0.15, 0.2) is 0 Å². The van der Waals surface area contributed by atoms with E-state index in [4.69, 9.17) is 0 Å². The van der Waals surface area contributed by atoms with Crippen LogP contribution in [-0.4, -0.2) is 4.98 Å². The highest BCUT2D eigenvalue weighted by Gasteiger charge is 2.06. The van der Waals surface area contributed by atoms with Crippen LogP contribution >= 0.6 is 0 Å². The number of pyridine rings is 1. The molecule has 0 bridgehead atoms. The quantitative estimate of drug-likeness (QED) is 0.639. The van der Waals surface area contributed by atoms with E-state index in [1.54, 1.807) is 6.20 Å². The molecule has 96 valence electrons. The van der Waals surface area contributed by atoms with Crippen LogP contribution < -0.4 is 0 Å². The van der Waals surface area contributed by atoms with Crippen molar-refractivity contribution >= 4 is 6.08 Å². The molecule has 0 radical (unpaired) electrons. The molecule has 0 saturated carbocycles. The lowest BCUT2D eigenvalue weighted by Gasteiger charge is -2.10. The van der Waals surface area contributed by atoms with Crippen molar-refractivity contribution in [3.63, 3.8) is 0 Å². The van der Waals surface area contributed by atoms with Gasteiger partial charge < -0.3 is 0 Å². The standard InChI is InChI=1S/C19H15N/c1-2-15-9-11-16(12-10-15)18-7-3-4-8-19(18)17-6-5-13-20-14-17/h2-14H,1H2. The Morgan fingerprint density at radius 2 is 1.45 bits per heavy atom. The molecule has 0 aliphatic heterocycles. The van der Waals surface area contributed by atoms with Gasteiger partial charge in [-0.05, 0) is 28.3 Å². The first-order valence-electron chi connectivity index (χ1n) is 6.61. The van der Waals surface area contributed by atoms with Crippen LogP contribution in [0.4, 0.5) is 0 Å². The van der Waals surface area contributed by atoms with E-state index in [9.17, 15) is 0 Å². The molecule has 2 aromatic carbocycles. The van der Waals surface area contributed by atoms with Crippen molar-refractivity contribution in [2.45, 2.75) is 0 Å². The fourth-order valence-electron chi connectivity index (χ4n) is 2.31. The monoisotopic (exact) mass is 257 g/mol. The second kappa shape index (κ2) is 5.54. The first-order chi connectivity index (χ1) is 9.88. The van der Waals surface area contributed by atoms with Crippen LogP contribution in [0.1, 0.15) is 5.56 Å². The number of benzene rings is 2. The third kappa shape index (κ3) is 2.39. The number of aromatic nitrogens is 1. The van der Waals surface area contributed by atoms with E-state index in [2.05, 4.69) is 66.2 Å². The maximum Gasteiger partial charge on any atom is 0.0346 e. The number of hydrogen-bond acceptors (Lipinski definition) is 1. The first kappa shape index (κ1) is 12.4. The average molecular weight is 257 g/mol. The van der Waals surface area contributed by atoms with Crippen LogP contribution in [0.25, 0.3) is 28.3 Å². The maximum atomic E-state index is 4.21. The molecule has 0 saturated heterocycles. The summed E-state index contributed by atoms with van der Waals surface area (Å²) in [6.45, 7) is 3.79. The smallest absolute Gasteiger partial charge is 0.0346 e. The van der Waals surface area contributed by atoms with Crippen molar-refractivity contribution in [3.8, 4) is 22.3 Å². The molecule has 0 spiro atoms. The predicted octanol–water partition coefficient (Wildman–Crippen LogP) is 5.06. The molecule has 3 aromatic rings. The Bertz CT molecular complexity index is 712. The third-order valence-electron chi connectivity index (χ3n) is 3.36. The summed E-state index contributed by atoms with van der Waals surface area (Å²) in [6.07, 6.45) is 5.55. The van der Waals surface area contributed by atoms with E-state index in [-0.39, 0.29) is 0 Å². The van der Waals surface area contributed by atoms with Crippen molar-refractivity contribution < 1.29 is 0 Å². The lowest BCUT2D eigenvalue weighted by atomic mass is 9.95. The van der Waals surface area contributed by atoms with Gasteiger partial charge in [0.05, 0.1) is 0 Å². The molecule has 0 fully saturated rings. The van der Waals surface area contributed by atoms with E-state index >= 15 is 0 Å². The Morgan fingerprint density at radius 1 is 0.750 bits per heavy atom. The molecule has 0 amide bonds. The molecule has 0 atom stereocenters. The van der Waals surface area contributed by atoms with Crippen molar-refractivity contribution in [2.24, 2.45) is 0 Å². The Balaban J connectivity index is 2.12. The van der Waals surface area contributed by atoms with Gasteiger partial charge in [0.1, 0.15) is 0 Å². The molecule has 0 unspecified atom stereocenters. The van der Waals surface area contributed by atoms with E-state index in [0.717, 1.165) is 11.1 Å². The Morgan fingerprint density at radius 3 is 2.05 bits per heavy atom. The van der Waals surface area contributed by atoms with E-state index in [1.807, 2.05) is 18.3 Å². The van der Waals surface area contributed by atoms with Gasteiger partial charge in [0.2, 0.25) is 0 Å². The molecule has 0 aliphatic carbocycles. The molecule has 1 heteroatoms. The van der Waals surface area contributed by atoms with Gasteiger partial charge in [-0.1, -0.05) is 67.3 Å². The summed E-state index contributed by atoms with van der Waals surface area (Å²) in [5.74, 6) is 0. The number of rotatable bonds is 3. The van der Waals surface area contributed by atoms with Gasteiger partial charge in [-0.15, -0.1) is 0 Å². The highest BCUT2D eigenvalue weighted by atomic mass is 14.6. The Kier molecular flexibility index (Phi) is 3.42. The van der Waals surface area contributed by atoms with E-state index in [0.29, 0.717) is 0 Å². The van der Waals surface area contributed by atoms with Crippen molar-refractivity contribution in [1.29, 1.82) is 0 Å². The second-order valence-electron chi connectivity index (χ2n) is 4.61. The first-order valence-corrected chi connectivity index (χ1v) is 6.61. The zero-order chi connectivity index (χ0) is 13.8. The summed E-state index contributed by atoms with van der Waals surface area (Å²) in [5, 5.41) is 0. The van der Waals surface area contributed by atoms with Crippen LogP contribution in [0.15, 0.2) is 79.6 Å². The van der Waals surface area contributed by atoms with E-state index < -0.39 is 0 Å². The highest BCUT2D eigenvalue weighted by Crippen LogP contribution is 2.31. The molecule has 0 N–H and O–H groups in total. The van der Waals surface area contributed by atoms with Gasteiger partial charge >= 0.3 is 0 Å². The minimum Gasteiger partial charge on any atom is -0.264 e. The maximum absolute atomic E-state index is 4.21. The van der Waals surface area contributed by atoms with Crippen LogP contribution in [0.3, 0.4) is 0 Å². The highest BCUT2D eigenvalue weighted by molar-refractivity contribution is 5.83. The molecule has 1 heterocycles. The van der Waals surface area contributed by atoms with Crippen LogP contribution in [0.2, 0.25) is 0 Å². The average Bonchev–Trinajstić information content (AvgIpc) is 2.56. The molecule has 1 aromatic heterocycles. The summed E-state index contributed by atoms with van der Waals surface area (Å²) >= 11 is 0. The van der Waals surface area contributed by atoms with Gasteiger partial charge in [0.25, 0.3) is 0 Å². The van der Waals surface area contributed by atoms with Crippen molar-refractivity contribution in [2.75, 3.05) is 0 Å². The zero-order valence-electron chi connectivity index (χ0n) is 11.2. The minimum absolute atomic E-state index is 1.13. The summed E-state index contributed by atoms with van der Waals surface area (Å²) in [7, 11) is 0. The zero-order valence-corrected chi connectivity index (χ0v) is 11.2. The fraction of sp³-hybridized carbons (Fsp3) is 0. The number of nitrogens with zero attached hydrogens (tertiary/aromatic N) is 1. The van der Waals surface area contributed by atoms with Crippen molar-refractivity contribution in [1.82, 2.24) is 4.98 Å². The summed E-state index contributed by atoms with van der Waals surface area (Å²) in [4.78, 5) is 4.21. The van der Waals surface area contributed by atoms with Crippen LogP contribution in [-0.2, 0) is 0 Å². The summed E-state index contributed by atoms with van der Waals surface area (Å²) < 4.78 is 0. The molecule has 20 heavy (non-hydrogen) atoms. The molecule has 0 aliphatic rings. The number of hydrogen-bond donors (Lipinski definition) is 0. The van der Waals surface area contributed by atoms with Crippen molar-refractivity contribution in [3.05, 3.63) is 85.2 Å². The van der Waals surface area contributed by atoms with E-state index in [1.165, 1.54) is 16.7 Å². The van der Waals surface area contributed by atoms with Gasteiger partial charge in [-0.2, -0.15) is 0 Å². The van der Waals surface area contributed by atoms with Gasteiger partial charge in [0, 0.05) is 18.0 Å². The summed E-state index contributed by atoms with van der Waals surface area (Å²) in [5.41, 5.74) is 5.89. The third-order valence-corrected chi connectivity index (χ3v) is 3.36. The van der Waals surface area contributed by atoms with Crippen LogP contribution in [0, 0.1) is 0 Å². The largest absolute Gasteiger partial charge is 0.264 e. The SMILES string of the molecule is C=Cc1ccc(-c2ccccc2-c2cccnc2)cc1. The Hall–Kier alpha value is -2.67. The Labute approximate surface area is 119 Å². The minimum atomic E-state index is 1.13. The fourth-order valence-corrected chi connectivity index (χ4v) is 2.31. The second-order valence-corrected chi connectivity index (χ2v) is 4.61. The predicted molar refractivity (Wildman–Crippen MR) is 85.2 cm³/mol. The molecular formula is C19H15N. The lowest BCUT2D eigenvalue weighted by molar-refractivity contribution is 1.33. The van der Waals surface area contributed by atoms with Crippen LogP contribution in [0.5, 0.6) is 0 Å². The molecular weight excluding hydrogens is 242 g/mol. The normalized spacial score (nSPS) is 10.2. The van der Waals surface area contributed by atoms with Gasteiger partial charge in [-0.3, -0.25) is 4.98 Å². The molecule has 3 rings (SSSR count). The lowest BCUT2D eigenvalue weighted by Crippen LogP contribution is -1.85. The van der Waals surface area contributed by atoms with Gasteiger partial charge in [-0.25, -0.2) is 0 Å². The molecule has 1 nitrogen and oxygen atoms in total. The summed E-state index contributed by atoms with van der Waals surface area (Å²) in [6, 6.07) is 20.9.